The Balaban J connectivity index is 1.72. The number of carbonyl (C=O) groups is 3. The van der Waals surface area contributed by atoms with E-state index in [2.05, 4.69) is 10.6 Å². The highest BCUT2D eigenvalue weighted by atomic mass is 16.6. The second kappa shape index (κ2) is 10.7. The zero-order chi connectivity index (χ0) is 22.1. The summed E-state index contributed by atoms with van der Waals surface area (Å²) in [6.45, 7) is 3.60. The Hall–Kier alpha value is -3.75. The second-order valence-corrected chi connectivity index (χ2v) is 6.76. The molecule has 0 aliphatic carbocycles. The minimum atomic E-state index is -0.633. The third-order valence-electron chi connectivity index (χ3n) is 4.18. The van der Waals surface area contributed by atoms with Crippen molar-refractivity contribution in [2.45, 2.75) is 26.2 Å². The lowest BCUT2D eigenvalue weighted by Gasteiger charge is -2.13. The smallest absolute Gasteiger partial charge is 0.308 e. The predicted octanol–water partition coefficient (Wildman–Crippen LogP) is 3.02. The molecule has 0 spiro atoms. The normalized spacial score (nSPS) is 10.4. The van der Waals surface area contributed by atoms with Crippen molar-refractivity contribution in [3.8, 4) is 0 Å². The standard InChI is InChI=1S/C21H23N3O6/c1-14(2)17-5-3-4-6-18(17)23-19(25)13-30-20(26)11-12-22-21(27)15-7-9-16(10-8-15)24(28)29/h3-10,14H,11-13H2,1-2H3,(H,22,27)(H,23,25). The number of ether oxygens (including phenoxy) is 1. The molecule has 0 radical (unpaired) electrons. The fraction of sp³-hybridized carbons (Fsp3) is 0.286. The zero-order valence-corrected chi connectivity index (χ0v) is 16.7. The molecule has 0 aromatic heterocycles. The van der Waals surface area contributed by atoms with Crippen LogP contribution in [-0.4, -0.2) is 35.9 Å². The van der Waals surface area contributed by atoms with Crippen LogP contribution in [0.15, 0.2) is 48.5 Å². The number of non-ortho nitro benzene ring substituents is 1. The predicted molar refractivity (Wildman–Crippen MR) is 110 cm³/mol. The number of nitrogens with one attached hydrogen (secondary N) is 2. The lowest BCUT2D eigenvalue weighted by atomic mass is 10.0. The lowest BCUT2D eigenvalue weighted by Crippen LogP contribution is -2.27. The fourth-order valence-electron chi connectivity index (χ4n) is 2.63. The van der Waals surface area contributed by atoms with Gasteiger partial charge in [-0.15, -0.1) is 0 Å². The number of rotatable bonds is 9. The highest BCUT2D eigenvalue weighted by Crippen LogP contribution is 2.23. The van der Waals surface area contributed by atoms with E-state index >= 15 is 0 Å². The van der Waals surface area contributed by atoms with Crippen molar-refractivity contribution in [3.05, 3.63) is 69.8 Å². The molecule has 0 saturated carbocycles. The minimum absolute atomic E-state index is 0.00640. The highest BCUT2D eigenvalue weighted by molar-refractivity contribution is 5.95. The summed E-state index contributed by atoms with van der Waals surface area (Å²) in [5, 5.41) is 15.8. The number of benzene rings is 2. The van der Waals surface area contributed by atoms with Crippen LogP contribution in [0.2, 0.25) is 0 Å². The summed E-state index contributed by atoms with van der Waals surface area (Å²) in [4.78, 5) is 45.8. The van der Waals surface area contributed by atoms with Crippen LogP contribution >= 0.6 is 0 Å². The highest BCUT2D eigenvalue weighted by Gasteiger charge is 2.13. The van der Waals surface area contributed by atoms with Crippen molar-refractivity contribution < 1.29 is 24.0 Å². The van der Waals surface area contributed by atoms with E-state index in [9.17, 15) is 24.5 Å². The Labute approximate surface area is 173 Å². The van der Waals surface area contributed by atoms with Gasteiger partial charge in [-0.3, -0.25) is 24.5 Å². The molecule has 2 rings (SSSR count). The van der Waals surface area contributed by atoms with Crippen LogP contribution in [0, 0.1) is 10.1 Å². The van der Waals surface area contributed by atoms with E-state index in [0.717, 1.165) is 5.56 Å². The van der Waals surface area contributed by atoms with Crippen LogP contribution in [0.1, 0.15) is 42.1 Å². The van der Waals surface area contributed by atoms with Crippen LogP contribution < -0.4 is 10.6 Å². The Bertz CT molecular complexity index is 925. The summed E-state index contributed by atoms with van der Waals surface area (Å²) < 4.78 is 4.93. The van der Waals surface area contributed by atoms with Gasteiger partial charge in [0.25, 0.3) is 17.5 Å². The maximum absolute atomic E-state index is 12.0. The van der Waals surface area contributed by atoms with Crippen molar-refractivity contribution in [1.29, 1.82) is 0 Å². The minimum Gasteiger partial charge on any atom is -0.456 e. The molecule has 0 fully saturated rings. The molecule has 0 heterocycles. The van der Waals surface area contributed by atoms with Gasteiger partial charge >= 0.3 is 5.97 Å². The van der Waals surface area contributed by atoms with Gasteiger partial charge < -0.3 is 15.4 Å². The first-order chi connectivity index (χ1) is 14.3. The Kier molecular flexibility index (Phi) is 8.04. The third kappa shape index (κ3) is 6.69. The SMILES string of the molecule is CC(C)c1ccccc1NC(=O)COC(=O)CCNC(=O)c1ccc([N+](=O)[O-])cc1. The first-order valence-electron chi connectivity index (χ1n) is 9.35. The van der Waals surface area contributed by atoms with E-state index in [1.807, 2.05) is 26.0 Å². The first kappa shape index (κ1) is 22.5. The number of hydrogen-bond acceptors (Lipinski definition) is 6. The summed E-state index contributed by atoms with van der Waals surface area (Å²) in [5.74, 6) is -1.33. The van der Waals surface area contributed by atoms with Gasteiger partial charge in [-0.2, -0.15) is 0 Å². The van der Waals surface area contributed by atoms with Gasteiger partial charge in [-0.05, 0) is 29.7 Å². The monoisotopic (exact) mass is 413 g/mol. The Morgan fingerprint density at radius 2 is 1.73 bits per heavy atom. The van der Waals surface area contributed by atoms with E-state index in [1.54, 1.807) is 12.1 Å². The van der Waals surface area contributed by atoms with E-state index < -0.39 is 29.3 Å². The molecule has 0 aliphatic heterocycles. The summed E-state index contributed by atoms with van der Waals surface area (Å²) >= 11 is 0. The number of carbonyl (C=O) groups excluding carboxylic acids is 3. The quantitative estimate of drug-likeness (QED) is 0.369. The van der Waals surface area contributed by atoms with E-state index in [1.165, 1.54) is 24.3 Å². The van der Waals surface area contributed by atoms with Crippen molar-refractivity contribution >= 4 is 29.2 Å². The van der Waals surface area contributed by atoms with Gasteiger partial charge in [0, 0.05) is 29.9 Å². The maximum Gasteiger partial charge on any atom is 0.308 e. The van der Waals surface area contributed by atoms with Gasteiger partial charge in [0.2, 0.25) is 0 Å². The summed E-state index contributed by atoms with van der Waals surface area (Å²) in [5.41, 5.74) is 1.76. The van der Waals surface area contributed by atoms with Crippen molar-refractivity contribution in [2.24, 2.45) is 0 Å². The molecule has 9 nitrogen and oxygen atoms in total. The lowest BCUT2D eigenvalue weighted by molar-refractivity contribution is -0.384. The van der Waals surface area contributed by atoms with Crippen molar-refractivity contribution in [2.75, 3.05) is 18.5 Å². The molecule has 9 heteroatoms. The fourth-order valence-corrected chi connectivity index (χ4v) is 2.63. The van der Waals surface area contributed by atoms with Crippen LogP contribution in [0.5, 0.6) is 0 Å². The first-order valence-corrected chi connectivity index (χ1v) is 9.35. The molecule has 2 aromatic carbocycles. The number of nitrogens with zero attached hydrogens (tertiary/aromatic N) is 1. The van der Waals surface area contributed by atoms with E-state index in [-0.39, 0.29) is 30.1 Å². The van der Waals surface area contributed by atoms with Crippen LogP contribution in [-0.2, 0) is 14.3 Å². The number of anilines is 1. The summed E-state index contributed by atoms with van der Waals surface area (Å²) in [6, 6.07) is 12.5. The molecular weight excluding hydrogens is 390 g/mol. The Morgan fingerprint density at radius 1 is 1.07 bits per heavy atom. The second-order valence-electron chi connectivity index (χ2n) is 6.76. The van der Waals surface area contributed by atoms with E-state index in [4.69, 9.17) is 4.74 Å². The number of esters is 1. The van der Waals surface area contributed by atoms with Crippen molar-refractivity contribution in [3.63, 3.8) is 0 Å². The number of nitro groups is 1. The molecule has 30 heavy (non-hydrogen) atoms. The molecule has 2 aromatic rings. The molecule has 0 aliphatic rings. The maximum atomic E-state index is 12.0. The molecule has 0 saturated heterocycles. The zero-order valence-electron chi connectivity index (χ0n) is 16.7. The molecular formula is C21H23N3O6. The van der Waals surface area contributed by atoms with E-state index in [0.29, 0.717) is 5.69 Å². The molecule has 2 amide bonds. The summed E-state index contributed by atoms with van der Waals surface area (Å²) in [6.07, 6.45) is -0.116. The van der Waals surface area contributed by atoms with Gasteiger partial charge in [-0.25, -0.2) is 0 Å². The van der Waals surface area contributed by atoms with Gasteiger partial charge in [-0.1, -0.05) is 32.0 Å². The Morgan fingerprint density at radius 3 is 2.37 bits per heavy atom. The average molecular weight is 413 g/mol. The van der Waals surface area contributed by atoms with Gasteiger partial charge in [0.1, 0.15) is 0 Å². The van der Waals surface area contributed by atoms with Crippen molar-refractivity contribution in [1.82, 2.24) is 5.32 Å². The largest absolute Gasteiger partial charge is 0.456 e. The third-order valence-corrected chi connectivity index (χ3v) is 4.18. The van der Waals surface area contributed by atoms with Crippen LogP contribution in [0.4, 0.5) is 11.4 Å². The molecule has 0 bridgehead atoms. The topological polar surface area (TPSA) is 128 Å². The summed E-state index contributed by atoms with van der Waals surface area (Å²) in [7, 11) is 0. The number of para-hydroxylation sites is 1. The van der Waals surface area contributed by atoms with Gasteiger partial charge in [0.15, 0.2) is 6.61 Å². The molecule has 2 N–H and O–H groups in total. The molecule has 0 atom stereocenters. The van der Waals surface area contributed by atoms with Gasteiger partial charge in [0.05, 0.1) is 11.3 Å². The van der Waals surface area contributed by atoms with Crippen LogP contribution in [0.25, 0.3) is 0 Å². The number of amides is 2. The average Bonchev–Trinajstić information content (AvgIpc) is 2.72. The van der Waals surface area contributed by atoms with Crippen LogP contribution in [0.3, 0.4) is 0 Å². The molecule has 158 valence electrons. The number of nitro benzene ring substituents is 1. The molecule has 0 unspecified atom stereocenters. The number of hydrogen-bond donors (Lipinski definition) is 2.